The summed E-state index contributed by atoms with van der Waals surface area (Å²) in [6, 6.07) is 3.36. The zero-order valence-corrected chi connectivity index (χ0v) is 10.4. The first kappa shape index (κ1) is 12.3. The van der Waals surface area contributed by atoms with Crippen LogP contribution in [-0.4, -0.2) is 38.6 Å². The van der Waals surface area contributed by atoms with Gasteiger partial charge in [-0.2, -0.15) is 0 Å². The molecule has 7 nitrogen and oxygen atoms in total. The van der Waals surface area contributed by atoms with Crippen molar-refractivity contribution in [2.24, 2.45) is 0 Å². The minimum absolute atomic E-state index is 0.122. The highest BCUT2D eigenvalue weighted by Gasteiger charge is 2.29. The number of nitrogens with zero attached hydrogens (tertiary/aromatic N) is 3. The molecule has 0 saturated heterocycles. The smallest absolute Gasteiger partial charge is 0.358 e. The molecule has 1 aliphatic rings. The first-order valence-corrected chi connectivity index (χ1v) is 6.07. The summed E-state index contributed by atoms with van der Waals surface area (Å²) in [7, 11) is 0. The zero-order valence-electron chi connectivity index (χ0n) is 10.4. The van der Waals surface area contributed by atoms with E-state index in [2.05, 4.69) is 10.1 Å². The van der Waals surface area contributed by atoms with E-state index in [9.17, 15) is 9.59 Å². The number of aromatic carboxylic acids is 1. The minimum atomic E-state index is -1.15. The molecule has 1 N–H and O–H groups in total. The molecule has 7 heteroatoms. The van der Waals surface area contributed by atoms with Crippen LogP contribution in [0.2, 0.25) is 0 Å². The van der Waals surface area contributed by atoms with Gasteiger partial charge in [-0.05, 0) is 12.1 Å². The Morgan fingerprint density at radius 3 is 2.95 bits per heavy atom. The highest BCUT2D eigenvalue weighted by atomic mass is 16.5. The molecule has 0 radical (unpaired) electrons. The Labute approximate surface area is 113 Å². The molecule has 1 amide bonds. The van der Waals surface area contributed by atoms with Crippen LogP contribution in [-0.2, 0) is 13.0 Å². The van der Waals surface area contributed by atoms with Gasteiger partial charge in [0.25, 0.3) is 5.91 Å². The number of carboxylic acids is 1. The Kier molecular flexibility index (Phi) is 2.94. The second-order valence-electron chi connectivity index (χ2n) is 4.46. The van der Waals surface area contributed by atoms with Gasteiger partial charge in [0.15, 0.2) is 5.69 Å². The van der Waals surface area contributed by atoms with E-state index in [-0.39, 0.29) is 18.1 Å². The Balaban J connectivity index is 1.87. The molecule has 2 aromatic rings. The Morgan fingerprint density at radius 1 is 1.40 bits per heavy atom. The monoisotopic (exact) mass is 273 g/mol. The normalized spacial score (nSPS) is 13.9. The highest BCUT2D eigenvalue weighted by Crippen LogP contribution is 2.23. The van der Waals surface area contributed by atoms with Gasteiger partial charge in [-0.3, -0.25) is 9.78 Å². The molecule has 0 aromatic carbocycles. The van der Waals surface area contributed by atoms with Gasteiger partial charge in [0.2, 0.25) is 0 Å². The summed E-state index contributed by atoms with van der Waals surface area (Å²) < 4.78 is 5.00. The average Bonchev–Trinajstić information content (AvgIpc) is 2.90. The molecule has 3 heterocycles. The van der Waals surface area contributed by atoms with Crippen LogP contribution in [0.5, 0.6) is 0 Å². The predicted molar refractivity (Wildman–Crippen MR) is 66.1 cm³/mol. The molecule has 0 fully saturated rings. The second-order valence-corrected chi connectivity index (χ2v) is 4.46. The molecule has 102 valence electrons. The summed E-state index contributed by atoms with van der Waals surface area (Å²) in [5, 5.41) is 12.6. The lowest BCUT2D eigenvalue weighted by molar-refractivity contribution is 0.0673. The number of carbonyl (C=O) groups is 2. The topological polar surface area (TPSA) is 96.5 Å². The van der Waals surface area contributed by atoms with Crippen molar-refractivity contribution in [3.63, 3.8) is 0 Å². The molecule has 20 heavy (non-hydrogen) atoms. The van der Waals surface area contributed by atoms with Gasteiger partial charge in [-0.15, -0.1) is 0 Å². The van der Waals surface area contributed by atoms with Crippen LogP contribution in [0.15, 0.2) is 29.0 Å². The largest absolute Gasteiger partial charge is 0.476 e. The van der Waals surface area contributed by atoms with Crippen LogP contribution in [0.1, 0.15) is 32.2 Å². The number of pyridine rings is 1. The minimum Gasteiger partial charge on any atom is -0.476 e. The van der Waals surface area contributed by atoms with Crippen molar-refractivity contribution in [2.75, 3.05) is 6.54 Å². The standard InChI is InChI=1S/C13H11N3O4/c17-12(8-2-1-4-14-6-8)16-5-3-10-9(7-16)11(13(18)19)15-20-10/h1-2,4,6H,3,5,7H2,(H,18,19). The molecule has 0 aliphatic carbocycles. The van der Waals surface area contributed by atoms with Gasteiger partial charge >= 0.3 is 5.97 Å². The van der Waals surface area contributed by atoms with E-state index in [0.29, 0.717) is 29.9 Å². The third-order valence-electron chi connectivity index (χ3n) is 3.23. The van der Waals surface area contributed by atoms with Gasteiger partial charge in [0.1, 0.15) is 5.76 Å². The molecule has 0 atom stereocenters. The SMILES string of the molecule is O=C(O)c1noc2c1CN(C(=O)c1cccnc1)CC2. The van der Waals surface area contributed by atoms with Gasteiger partial charge in [-0.25, -0.2) is 4.79 Å². The van der Waals surface area contributed by atoms with Gasteiger partial charge < -0.3 is 14.5 Å². The van der Waals surface area contributed by atoms with Crippen molar-refractivity contribution in [2.45, 2.75) is 13.0 Å². The lowest BCUT2D eigenvalue weighted by Crippen LogP contribution is -2.36. The fourth-order valence-electron chi connectivity index (χ4n) is 2.22. The summed E-state index contributed by atoms with van der Waals surface area (Å²) in [5.74, 6) is -0.787. The first-order chi connectivity index (χ1) is 9.66. The summed E-state index contributed by atoms with van der Waals surface area (Å²) in [6.07, 6.45) is 3.54. The molecule has 0 unspecified atom stereocenters. The molecule has 3 rings (SSSR count). The van der Waals surface area contributed by atoms with E-state index in [4.69, 9.17) is 9.63 Å². The van der Waals surface area contributed by atoms with Crippen molar-refractivity contribution in [3.05, 3.63) is 47.1 Å². The van der Waals surface area contributed by atoms with Crippen LogP contribution < -0.4 is 0 Å². The predicted octanol–water partition coefficient (Wildman–Crippen LogP) is 0.966. The number of fused-ring (bicyclic) bond motifs is 1. The van der Waals surface area contributed by atoms with E-state index in [1.165, 1.54) is 6.20 Å². The lowest BCUT2D eigenvalue weighted by atomic mass is 10.1. The van der Waals surface area contributed by atoms with Crippen LogP contribution in [0, 0.1) is 0 Å². The number of amides is 1. The quantitative estimate of drug-likeness (QED) is 0.875. The van der Waals surface area contributed by atoms with Crippen LogP contribution >= 0.6 is 0 Å². The molecule has 1 aliphatic heterocycles. The van der Waals surface area contributed by atoms with E-state index < -0.39 is 5.97 Å². The van der Waals surface area contributed by atoms with Gasteiger partial charge in [-0.1, -0.05) is 5.16 Å². The van der Waals surface area contributed by atoms with Crippen molar-refractivity contribution >= 4 is 11.9 Å². The molecular weight excluding hydrogens is 262 g/mol. The number of rotatable bonds is 2. The van der Waals surface area contributed by atoms with E-state index in [1.54, 1.807) is 23.2 Å². The number of hydrogen-bond acceptors (Lipinski definition) is 5. The van der Waals surface area contributed by atoms with Crippen LogP contribution in [0.4, 0.5) is 0 Å². The first-order valence-electron chi connectivity index (χ1n) is 6.07. The number of aromatic nitrogens is 2. The van der Waals surface area contributed by atoms with Gasteiger partial charge in [0, 0.05) is 30.9 Å². The lowest BCUT2D eigenvalue weighted by Gasteiger charge is -2.25. The highest BCUT2D eigenvalue weighted by molar-refractivity contribution is 5.94. The van der Waals surface area contributed by atoms with Crippen molar-refractivity contribution in [3.8, 4) is 0 Å². The Hall–Kier alpha value is -2.70. The average molecular weight is 273 g/mol. The maximum atomic E-state index is 12.3. The molecule has 0 spiro atoms. The fraction of sp³-hybridized carbons (Fsp3) is 0.231. The third kappa shape index (κ3) is 2.03. The number of hydrogen-bond donors (Lipinski definition) is 1. The maximum absolute atomic E-state index is 12.3. The second kappa shape index (κ2) is 4.76. The molecular formula is C13H11N3O4. The van der Waals surface area contributed by atoms with E-state index >= 15 is 0 Å². The molecule has 0 saturated carbocycles. The van der Waals surface area contributed by atoms with Crippen molar-refractivity contribution < 1.29 is 19.2 Å². The Morgan fingerprint density at radius 2 is 2.25 bits per heavy atom. The summed E-state index contributed by atoms with van der Waals surface area (Å²) in [5.41, 5.74) is 0.828. The third-order valence-corrected chi connectivity index (χ3v) is 3.23. The van der Waals surface area contributed by atoms with E-state index in [1.807, 2.05) is 0 Å². The number of carbonyl (C=O) groups excluding carboxylic acids is 1. The fourth-order valence-corrected chi connectivity index (χ4v) is 2.22. The zero-order chi connectivity index (χ0) is 14.1. The van der Waals surface area contributed by atoms with E-state index in [0.717, 1.165) is 0 Å². The molecule has 0 bridgehead atoms. The summed E-state index contributed by atoms with van der Waals surface area (Å²) in [4.78, 5) is 28.8. The molecule has 2 aromatic heterocycles. The Bertz CT molecular complexity index is 666. The maximum Gasteiger partial charge on any atom is 0.358 e. The van der Waals surface area contributed by atoms with Crippen molar-refractivity contribution in [1.29, 1.82) is 0 Å². The summed E-state index contributed by atoms with van der Waals surface area (Å²) >= 11 is 0. The van der Waals surface area contributed by atoms with Crippen LogP contribution in [0.25, 0.3) is 0 Å². The summed E-state index contributed by atoms with van der Waals surface area (Å²) in [6.45, 7) is 0.656. The van der Waals surface area contributed by atoms with Crippen LogP contribution in [0.3, 0.4) is 0 Å². The number of carboxylic acid groups (broad SMARTS) is 1. The van der Waals surface area contributed by atoms with Gasteiger partial charge in [0.05, 0.1) is 12.1 Å². The van der Waals surface area contributed by atoms with Crippen molar-refractivity contribution in [1.82, 2.24) is 15.0 Å².